The average molecular weight is 409 g/mol. The summed E-state index contributed by atoms with van der Waals surface area (Å²) < 4.78 is 13.3. The van der Waals surface area contributed by atoms with Gasteiger partial charge in [0.15, 0.2) is 5.82 Å². The van der Waals surface area contributed by atoms with Crippen molar-refractivity contribution in [1.82, 2.24) is 15.0 Å². The summed E-state index contributed by atoms with van der Waals surface area (Å²) in [6, 6.07) is 1.58. The molecule has 0 unspecified atom stereocenters. The topological polar surface area (TPSA) is 94.0 Å². The summed E-state index contributed by atoms with van der Waals surface area (Å²) in [5.41, 5.74) is 12.8. The molecule has 9 heteroatoms. The Kier molecular flexibility index (Phi) is 5.13. The van der Waals surface area contributed by atoms with Gasteiger partial charge >= 0.3 is 0 Å². The zero-order chi connectivity index (χ0) is 19.0. The summed E-state index contributed by atoms with van der Waals surface area (Å²) in [6.07, 6.45) is 8.75. The van der Waals surface area contributed by atoms with Crippen molar-refractivity contribution in [2.75, 3.05) is 23.7 Å². The maximum atomic E-state index is 13.3. The second kappa shape index (κ2) is 7.41. The Morgan fingerprint density at radius 2 is 2.00 bits per heavy atom. The fraction of sp³-hybridized carbons (Fsp3) is 0.500. The van der Waals surface area contributed by atoms with E-state index < -0.39 is 5.95 Å². The zero-order valence-corrected chi connectivity index (χ0v) is 16.4. The number of rotatable bonds is 3. The van der Waals surface area contributed by atoms with Gasteiger partial charge in [0, 0.05) is 36.3 Å². The molecule has 0 radical (unpaired) electrons. The molecule has 1 spiro atoms. The van der Waals surface area contributed by atoms with Gasteiger partial charge in [-0.3, -0.25) is 0 Å². The highest BCUT2D eigenvalue weighted by atomic mass is 35.5. The first-order valence-electron chi connectivity index (χ1n) is 9.09. The summed E-state index contributed by atoms with van der Waals surface area (Å²) in [7, 11) is 0. The van der Waals surface area contributed by atoms with Crippen LogP contribution >= 0.6 is 23.4 Å². The molecule has 1 saturated carbocycles. The van der Waals surface area contributed by atoms with Gasteiger partial charge < -0.3 is 16.4 Å². The molecule has 1 aliphatic carbocycles. The molecule has 1 aliphatic heterocycles. The molecule has 2 fully saturated rings. The van der Waals surface area contributed by atoms with Gasteiger partial charge in [-0.1, -0.05) is 29.8 Å². The van der Waals surface area contributed by atoms with Crippen LogP contribution in [0, 0.1) is 11.4 Å². The van der Waals surface area contributed by atoms with E-state index in [0.29, 0.717) is 32.2 Å². The normalized spacial score (nSPS) is 21.7. The third-order valence-corrected chi connectivity index (χ3v) is 7.28. The standard InChI is InChI=1S/C18H22ClFN6S/c19-11-9-23-14(20)8-12(11)27-17-16(22)25-15(10-24-17)26-6-4-18(5-7-26)3-1-2-13(18)21/h8-10,13H,1-7,21H2,(H2,22,25)/t13-/m1/s1. The van der Waals surface area contributed by atoms with Crippen molar-refractivity contribution in [3.05, 3.63) is 29.4 Å². The molecule has 6 nitrogen and oxygen atoms in total. The first-order valence-corrected chi connectivity index (χ1v) is 10.3. The van der Waals surface area contributed by atoms with Crippen molar-refractivity contribution in [1.29, 1.82) is 0 Å². The quantitative estimate of drug-likeness (QED) is 0.750. The summed E-state index contributed by atoms with van der Waals surface area (Å²) in [5, 5.41) is 0.846. The fourth-order valence-corrected chi connectivity index (χ4v) is 5.15. The number of hydrogen-bond acceptors (Lipinski definition) is 7. The minimum atomic E-state index is -0.600. The third kappa shape index (κ3) is 3.70. The number of pyridine rings is 1. The summed E-state index contributed by atoms with van der Waals surface area (Å²) in [5.74, 6) is 0.478. The number of nitrogens with two attached hydrogens (primary N) is 2. The van der Waals surface area contributed by atoms with Crippen molar-refractivity contribution in [3.8, 4) is 0 Å². The lowest BCUT2D eigenvalue weighted by Crippen LogP contribution is -2.47. The van der Waals surface area contributed by atoms with Crippen LogP contribution in [0.5, 0.6) is 0 Å². The largest absolute Gasteiger partial charge is 0.381 e. The Morgan fingerprint density at radius 1 is 1.22 bits per heavy atom. The lowest BCUT2D eigenvalue weighted by molar-refractivity contribution is 0.197. The van der Waals surface area contributed by atoms with Crippen LogP contribution in [0.3, 0.4) is 0 Å². The molecule has 27 heavy (non-hydrogen) atoms. The maximum Gasteiger partial charge on any atom is 0.214 e. The Labute approximate surface area is 166 Å². The van der Waals surface area contributed by atoms with Gasteiger partial charge in [-0.2, -0.15) is 4.39 Å². The summed E-state index contributed by atoms with van der Waals surface area (Å²) >= 11 is 7.25. The van der Waals surface area contributed by atoms with Crippen LogP contribution in [-0.2, 0) is 0 Å². The highest BCUT2D eigenvalue weighted by Gasteiger charge is 2.43. The monoisotopic (exact) mass is 408 g/mol. The molecule has 3 heterocycles. The first-order chi connectivity index (χ1) is 13.0. The van der Waals surface area contributed by atoms with Crippen molar-refractivity contribution in [2.24, 2.45) is 11.1 Å². The predicted molar refractivity (Wildman–Crippen MR) is 105 cm³/mol. The molecule has 144 valence electrons. The van der Waals surface area contributed by atoms with Crippen LogP contribution in [-0.4, -0.2) is 34.1 Å². The molecule has 0 amide bonds. The first kappa shape index (κ1) is 18.7. The fourth-order valence-electron chi connectivity index (χ4n) is 4.16. The number of hydrogen-bond donors (Lipinski definition) is 2. The summed E-state index contributed by atoms with van der Waals surface area (Å²) in [4.78, 5) is 15.2. The van der Waals surface area contributed by atoms with E-state index in [-0.39, 0.29) is 0 Å². The van der Waals surface area contributed by atoms with Gasteiger partial charge in [0.05, 0.1) is 11.2 Å². The van der Waals surface area contributed by atoms with E-state index in [1.54, 1.807) is 6.20 Å². The Balaban J connectivity index is 1.47. The highest BCUT2D eigenvalue weighted by molar-refractivity contribution is 7.99. The molecule has 2 aliphatic rings. The molecule has 0 aromatic carbocycles. The van der Waals surface area contributed by atoms with Crippen LogP contribution in [0.2, 0.25) is 5.02 Å². The molecule has 0 bridgehead atoms. The van der Waals surface area contributed by atoms with E-state index in [9.17, 15) is 4.39 Å². The van der Waals surface area contributed by atoms with Crippen LogP contribution in [0.1, 0.15) is 32.1 Å². The van der Waals surface area contributed by atoms with Gasteiger partial charge in [0.2, 0.25) is 5.95 Å². The van der Waals surface area contributed by atoms with E-state index in [4.69, 9.17) is 23.1 Å². The van der Waals surface area contributed by atoms with Crippen LogP contribution in [0.15, 0.2) is 28.4 Å². The van der Waals surface area contributed by atoms with Crippen molar-refractivity contribution >= 4 is 35.0 Å². The number of piperidine rings is 1. The minimum absolute atomic E-state index is 0.299. The third-order valence-electron chi connectivity index (χ3n) is 5.80. The Hall–Kier alpha value is -1.64. The predicted octanol–water partition coefficient (Wildman–Crippen LogP) is 3.50. The Bertz CT molecular complexity index is 843. The number of anilines is 2. The minimum Gasteiger partial charge on any atom is -0.381 e. The van der Waals surface area contributed by atoms with Crippen LogP contribution in [0.4, 0.5) is 16.0 Å². The second-order valence-electron chi connectivity index (χ2n) is 7.31. The number of nitrogen functional groups attached to an aromatic ring is 1. The molecule has 2 aromatic rings. The molecule has 1 saturated heterocycles. The van der Waals surface area contributed by atoms with E-state index in [1.807, 2.05) is 0 Å². The average Bonchev–Trinajstić information content (AvgIpc) is 3.00. The van der Waals surface area contributed by atoms with Gasteiger partial charge in [0.25, 0.3) is 0 Å². The van der Waals surface area contributed by atoms with Crippen molar-refractivity contribution < 1.29 is 4.39 Å². The Morgan fingerprint density at radius 3 is 2.67 bits per heavy atom. The molecule has 4 rings (SSSR count). The zero-order valence-electron chi connectivity index (χ0n) is 14.9. The molecule has 2 aromatic heterocycles. The number of halogens is 2. The number of nitrogens with zero attached hydrogens (tertiary/aromatic N) is 4. The van der Waals surface area contributed by atoms with Crippen LogP contribution < -0.4 is 16.4 Å². The van der Waals surface area contributed by atoms with Crippen molar-refractivity contribution in [3.63, 3.8) is 0 Å². The lowest BCUT2D eigenvalue weighted by atomic mass is 9.74. The molecular weight excluding hydrogens is 387 g/mol. The van der Waals surface area contributed by atoms with Crippen LogP contribution in [0.25, 0.3) is 0 Å². The highest BCUT2D eigenvalue weighted by Crippen LogP contribution is 2.46. The van der Waals surface area contributed by atoms with Gasteiger partial charge in [-0.15, -0.1) is 0 Å². The molecule has 1 atom stereocenters. The van der Waals surface area contributed by atoms with E-state index >= 15 is 0 Å². The second-order valence-corrected chi connectivity index (χ2v) is 8.74. The van der Waals surface area contributed by atoms with Crippen molar-refractivity contribution in [2.45, 2.75) is 48.1 Å². The van der Waals surface area contributed by atoms with E-state index in [0.717, 1.165) is 38.2 Å². The number of aromatic nitrogens is 3. The maximum absolute atomic E-state index is 13.3. The van der Waals surface area contributed by atoms with E-state index in [2.05, 4.69) is 19.9 Å². The SMILES string of the molecule is Nc1nc(N2CCC3(CCC[C@H]3N)CC2)cnc1Sc1cc(F)ncc1Cl. The smallest absolute Gasteiger partial charge is 0.214 e. The van der Waals surface area contributed by atoms with Gasteiger partial charge in [-0.05, 0) is 31.1 Å². The molecular formula is C18H22ClFN6S. The lowest BCUT2D eigenvalue weighted by Gasteiger charge is -2.42. The summed E-state index contributed by atoms with van der Waals surface area (Å²) in [6.45, 7) is 1.82. The van der Waals surface area contributed by atoms with Gasteiger partial charge in [0.1, 0.15) is 10.8 Å². The van der Waals surface area contributed by atoms with Gasteiger partial charge in [-0.25, -0.2) is 15.0 Å². The molecule has 4 N–H and O–H groups in total. The van der Waals surface area contributed by atoms with E-state index in [1.165, 1.54) is 36.9 Å².